The van der Waals surface area contributed by atoms with Crippen LogP contribution in [0.4, 0.5) is 0 Å². The summed E-state index contributed by atoms with van der Waals surface area (Å²) in [7, 11) is 0. The summed E-state index contributed by atoms with van der Waals surface area (Å²) in [6.07, 6.45) is 8.84. The first-order valence-corrected chi connectivity index (χ1v) is 8.34. The minimum Gasteiger partial charge on any atom is -0.481 e. The number of piperidine rings is 1. The zero-order chi connectivity index (χ0) is 13.7. The Morgan fingerprint density at radius 2 is 1.74 bits per heavy atom. The Kier molecular flexibility index (Phi) is 5.13. The van der Waals surface area contributed by atoms with Crippen molar-refractivity contribution in [1.82, 2.24) is 4.90 Å². The predicted octanol–water partition coefficient (Wildman–Crippen LogP) is 2.38. The maximum atomic E-state index is 12.1. The van der Waals surface area contributed by atoms with Gasteiger partial charge in [0, 0.05) is 13.1 Å². The van der Waals surface area contributed by atoms with Crippen LogP contribution in [0, 0.1) is 5.41 Å². The van der Waals surface area contributed by atoms with E-state index in [1.165, 1.54) is 50.3 Å². The van der Waals surface area contributed by atoms with Gasteiger partial charge in [-0.3, -0.25) is 9.59 Å². The Morgan fingerprint density at radius 3 is 2.42 bits per heavy atom. The monoisotopic (exact) mass is 285 g/mol. The van der Waals surface area contributed by atoms with Gasteiger partial charge in [-0.1, -0.05) is 19.3 Å². The molecule has 0 aromatic heterocycles. The van der Waals surface area contributed by atoms with Crippen molar-refractivity contribution in [2.24, 2.45) is 5.41 Å². The number of carbonyl (C=O) groups is 2. The van der Waals surface area contributed by atoms with Gasteiger partial charge < -0.3 is 10.0 Å². The highest BCUT2D eigenvalue weighted by Crippen LogP contribution is 2.43. The third-order valence-corrected chi connectivity index (χ3v) is 5.28. The predicted molar refractivity (Wildman–Crippen MR) is 76.3 cm³/mol. The van der Waals surface area contributed by atoms with Crippen LogP contribution < -0.4 is 0 Å². The zero-order valence-electron chi connectivity index (χ0n) is 11.4. The molecule has 1 aliphatic heterocycles. The molecule has 1 N–H and O–H groups in total. The molecular formula is C14H23NO3S. The summed E-state index contributed by atoms with van der Waals surface area (Å²) in [5.74, 6) is -0.399. The van der Waals surface area contributed by atoms with Crippen molar-refractivity contribution in [2.75, 3.05) is 24.6 Å². The van der Waals surface area contributed by atoms with E-state index in [1.54, 1.807) is 0 Å². The summed E-state index contributed by atoms with van der Waals surface area (Å²) in [5, 5.41) is 8.59. The summed E-state index contributed by atoms with van der Waals surface area (Å²) in [5.41, 5.74) is 0.379. The molecule has 2 rings (SSSR count). The molecule has 19 heavy (non-hydrogen) atoms. The van der Waals surface area contributed by atoms with Crippen LogP contribution in [0.15, 0.2) is 0 Å². The summed E-state index contributed by atoms with van der Waals surface area (Å²) in [6.45, 7) is 1.76. The first-order valence-electron chi connectivity index (χ1n) is 7.19. The van der Waals surface area contributed by atoms with Gasteiger partial charge in [0.15, 0.2) is 0 Å². The molecule has 0 aromatic carbocycles. The lowest BCUT2D eigenvalue weighted by atomic mass is 9.69. The van der Waals surface area contributed by atoms with Gasteiger partial charge in [0.05, 0.1) is 11.5 Å². The Bertz CT molecular complexity index is 334. The molecule has 1 amide bonds. The Hall–Kier alpha value is -0.710. The highest BCUT2D eigenvalue weighted by atomic mass is 32.2. The van der Waals surface area contributed by atoms with Crippen molar-refractivity contribution < 1.29 is 14.7 Å². The molecule has 0 unspecified atom stereocenters. The van der Waals surface area contributed by atoms with Gasteiger partial charge in [0.2, 0.25) is 5.91 Å². The highest BCUT2D eigenvalue weighted by molar-refractivity contribution is 8.00. The fraction of sp³-hybridized carbons (Fsp3) is 0.857. The van der Waals surface area contributed by atoms with Crippen LogP contribution in [0.25, 0.3) is 0 Å². The Labute approximate surface area is 118 Å². The average molecular weight is 285 g/mol. The molecule has 1 aliphatic carbocycles. The second kappa shape index (κ2) is 6.64. The fourth-order valence-corrected chi connectivity index (χ4v) is 4.08. The van der Waals surface area contributed by atoms with Gasteiger partial charge in [0.25, 0.3) is 0 Å². The lowest BCUT2D eigenvalue weighted by Gasteiger charge is -2.45. The van der Waals surface area contributed by atoms with Gasteiger partial charge in [0.1, 0.15) is 0 Å². The minimum absolute atomic E-state index is 0.0186. The highest BCUT2D eigenvalue weighted by Gasteiger charge is 2.37. The van der Waals surface area contributed by atoms with Gasteiger partial charge >= 0.3 is 5.97 Å². The second-order valence-electron chi connectivity index (χ2n) is 5.87. The number of aliphatic carboxylic acids is 1. The summed E-state index contributed by atoms with van der Waals surface area (Å²) >= 11 is 1.21. The van der Waals surface area contributed by atoms with Gasteiger partial charge in [-0.2, -0.15) is 0 Å². The van der Waals surface area contributed by atoms with Crippen LogP contribution in [0.2, 0.25) is 0 Å². The Balaban J connectivity index is 1.82. The number of carboxylic acid groups (broad SMARTS) is 1. The van der Waals surface area contributed by atoms with Crippen molar-refractivity contribution in [2.45, 2.75) is 44.9 Å². The van der Waals surface area contributed by atoms with E-state index in [0.29, 0.717) is 11.2 Å². The van der Waals surface area contributed by atoms with Crippen molar-refractivity contribution >= 4 is 23.6 Å². The smallest absolute Gasteiger partial charge is 0.313 e. The summed E-state index contributed by atoms with van der Waals surface area (Å²) in [4.78, 5) is 24.5. The number of nitrogens with zero attached hydrogens (tertiary/aromatic N) is 1. The normalized spacial score (nSPS) is 22.4. The topological polar surface area (TPSA) is 57.6 Å². The van der Waals surface area contributed by atoms with E-state index in [-0.39, 0.29) is 11.7 Å². The first-order chi connectivity index (χ1) is 9.11. The number of likely N-dealkylation sites (tertiary alicyclic amines) is 1. The number of hydrogen-bond acceptors (Lipinski definition) is 3. The van der Waals surface area contributed by atoms with Crippen LogP contribution in [-0.4, -0.2) is 46.5 Å². The molecule has 0 aromatic rings. The third-order valence-electron chi connectivity index (χ3n) is 4.38. The minimum atomic E-state index is -0.847. The largest absolute Gasteiger partial charge is 0.481 e. The number of hydrogen-bond donors (Lipinski definition) is 1. The lowest BCUT2D eigenvalue weighted by Crippen LogP contribution is -2.47. The van der Waals surface area contributed by atoms with Crippen molar-refractivity contribution in [3.05, 3.63) is 0 Å². The number of rotatable bonds is 4. The standard InChI is InChI=1S/C14H23NO3S/c16-12(9-19-10-13(17)18)15-8-4-7-14(11-15)5-2-1-3-6-14/h1-11H2,(H,17,18). The molecule has 0 atom stereocenters. The van der Waals surface area contributed by atoms with Crippen molar-refractivity contribution in [3.8, 4) is 0 Å². The lowest BCUT2D eigenvalue weighted by molar-refractivity contribution is -0.134. The molecule has 2 fully saturated rings. The number of amides is 1. The summed E-state index contributed by atoms with van der Waals surface area (Å²) in [6, 6.07) is 0. The van der Waals surface area contributed by atoms with Gasteiger partial charge in [-0.15, -0.1) is 11.8 Å². The third kappa shape index (κ3) is 4.13. The molecule has 1 saturated carbocycles. The van der Waals surface area contributed by atoms with Crippen LogP contribution >= 0.6 is 11.8 Å². The molecule has 108 valence electrons. The first kappa shape index (κ1) is 14.7. The van der Waals surface area contributed by atoms with Crippen LogP contribution in [0.3, 0.4) is 0 Å². The number of thioether (sulfide) groups is 1. The molecule has 1 saturated heterocycles. The SMILES string of the molecule is O=C(O)CSCC(=O)N1CCCC2(CCCCC2)C1. The van der Waals surface area contributed by atoms with E-state index >= 15 is 0 Å². The molecule has 5 heteroatoms. The molecule has 1 spiro atoms. The van der Waals surface area contributed by atoms with Gasteiger partial charge in [-0.05, 0) is 31.1 Å². The number of carboxylic acids is 1. The van der Waals surface area contributed by atoms with Gasteiger partial charge in [-0.25, -0.2) is 0 Å². The average Bonchev–Trinajstić information content (AvgIpc) is 2.39. The van der Waals surface area contributed by atoms with Crippen LogP contribution in [0.1, 0.15) is 44.9 Å². The fourth-order valence-electron chi connectivity index (χ4n) is 3.45. The van der Waals surface area contributed by atoms with E-state index in [9.17, 15) is 9.59 Å². The van der Waals surface area contributed by atoms with E-state index in [0.717, 1.165) is 19.5 Å². The van der Waals surface area contributed by atoms with E-state index < -0.39 is 5.97 Å². The van der Waals surface area contributed by atoms with E-state index in [1.807, 2.05) is 4.90 Å². The summed E-state index contributed by atoms with van der Waals surface area (Å²) < 4.78 is 0. The quantitative estimate of drug-likeness (QED) is 0.861. The van der Waals surface area contributed by atoms with E-state index in [4.69, 9.17) is 5.11 Å². The second-order valence-corrected chi connectivity index (χ2v) is 6.85. The molecule has 4 nitrogen and oxygen atoms in total. The maximum Gasteiger partial charge on any atom is 0.313 e. The molecule has 0 radical (unpaired) electrons. The maximum absolute atomic E-state index is 12.1. The molecule has 2 aliphatic rings. The van der Waals surface area contributed by atoms with Crippen LogP contribution in [-0.2, 0) is 9.59 Å². The van der Waals surface area contributed by atoms with Crippen molar-refractivity contribution in [3.63, 3.8) is 0 Å². The molecule has 0 bridgehead atoms. The zero-order valence-corrected chi connectivity index (χ0v) is 12.2. The molecule has 1 heterocycles. The van der Waals surface area contributed by atoms with Crippen LogP contribution in [0.5, 0.6) is 0 Å². The van der Waals surface area contributed by atoms with E-state index in [2.05, 4.69) is 0 Å². The Morgan fingerprint density at radius 1 is 1.05 bits per heavy atom. The van der Waals surface area contributed by atoms with Crippen molar-refractivity contribution in [1.29, 1.82) is 0 Å². The number of carbonyl (C=O) groups excluding carboxylic acids is 1. The molecular weight excluding hydrogens is 262 g/mol.